The third kappa shape index (κ3) is 3.29. The molecule has 1 aliphatic heterocycles. The highest BCUT2D eigenvalue weighted by molar-refractivity contribution is 6.03. The summed E-state index contributed by atoms with van der Waals surface area (Å²) in [7, 11) is 0. The van der Waals surface area contributed by atoms with E-state index >= 15 is 0 Å². The Balaban J connectivity index is 1.74. The number of nitrogens with one attached hydrogen (secondary N) is 1. The Hall–Kier alpha value is -3.09. The molecule has 1 N–H and O–H groups in total. The van der Waals surface area contributed by atoms with E-state index in [0.29, 0.717) is 12.1 Å². The Labute approximate surface area is 137 Å². The first-order valence-electron chi connectivity index (χ1n) is 7.38. The first-order valence-corrected chi connectivity index (χ1v) is 7.38. The second-order valence-corrected chi connectivity index (χ2v) is 5.31. The number of furan rings is 1. The lowest BCUT2D eigenvalue weighted by Gasteiger charge is -2.11. The minimum atomic E-state index is -0.875. The van der Waals surface area contributed by atoms with Crippen LogP contribution in [0.3, 0.4) is 0 Å². The number of carbonyl (C=O) groups is 3. The van der Waals surface area contributed by atoms with Crippen LogP contribution in [0.25, 0.3) is 0 Å². The van der Waals surface area contributed by atoms with Crippen LogP contribution in [-0.2, 0) is 14.3 Å². The Morgan fingerprint density at radius 3 is 2.79 bits per heavy atom. The summed E-state index contributed by atoms with van der Waals surface area (Å²) in [6.45, 7) is 2.04. The highest BCUT2D eigenvalue weighted by atomic mass is 16.6. The number of hydrogen-bond acceptors (Lipinski definition) is 6. The monoisotopic (exact) mass is 329 g/mol. The Morgan fingerprint density at radius 2 is 2.12 bits per heavy atom. The maximum Gasteiger partial charge on any atom is 0.347 e. The molecule has 0 unspecified atom stereocenters. The molecule has 7 nitrogen and oxygen atoms in total. The van der Waals surface area contributed by atoms with E-state index in [4.69, 9.17) is 13.9 Å². The van der Waals surface area contributed by atoms with Gasteiger partial charge in [-0.15, -0.1) is 0 Å². The number of ether oxygens (including phenoxy) is 2. The van der Waals surface area contributed by atoms with E-state index < -0.39 is 23.9 Å². The van der Waals surface area contributed by atoms with Gasteiger partial charge < -0.3 is 19.2 Å². The first kappa shape index (κ1) is 15.8. The lowest BCUT2D eigenvalue weighted by Crippen LogP contribution is -2.22. The number of aryl methyl sites for hydroxylation is 1. The van der Waals surface area contributed by atoms with Crippen LogP contribution in [0.4, 0.5) is 5.69 Å². The third-order valence-corrected chi connectivity index (χ3v) is 3.60. The molecule has 1 aromatic heterocycles. The van der Waals surface area contributed by atoms with Crippen molar-refractivity contribution in [1.29, 1.82) is 0 Å². The van der Waals surface area contributed by atoms with E-state index in [1.165, 1.54) is 18.4 Å². The number of cyclic esters (lactones) is 1. The molecule has 1 aliphatic rings. The molecule has 0 radical (unpaired) electrons. The van der Waals surface area contributed by atoms with Gasteiger partial charge in [-0.3, -0.25) is 4.79 Å². The number of anilines is 1. The van der Waals surface area contributed by atoms with E-state index in [1.807, 2.05) is 0 Å². The Kier molecular flexibility index (Phi) is 4.33. The van der Waals surface area contributed by atoms with Crippen molar-refractivity contribution < 1.29 is 28.3 Å². The van der Waals surface area contributed by atoms with Crippen molar-refractivity contribution in [3.05, 3.63) is 53.5 Å². The van der Waals surface area contributed by atoms with E-state index in [1.54, 1.807) is 25.1 Å². The highest BCUT2D eigenvalue weighted by Crippen LogP contribution is 2.20. The minimum absolute atomic E-state index is 0.163. The van der Waals surface area contributed by atoms with E-state index in [-0.39, 0.29) is 17.9 Å². The second kappa shape index (κ2) is 6.57. The van der Waals surface area contributed by atoms with Crippen molar-refractivity contribution >= 4 is 23.5 Å². The summed E-state index contributed by atoms with van der Waals surface area (Å²) >= 11 is 0. The molecule has 1 aromatic carbocycles. The summed E-state index contributed by atoms with van der Waals surface area (Å²) in [5.74, 6) is -1.45. The van der Waals surface area contributed by atoms with Crippen LogP contribution in [0.1, 0.15) is 32.9 Å². The first-order chi connectivity index (χ1) is 11.5. The van der Waals surface area contributed by atoms with Gasteiger partial charge in [-0.25, -0.2) is 9.59 Å². The largest absolute Gasteiger partial charge is 0.463 e. The molecule has 24 heavy (non-hydrogen) atoms. The second-order valence-electron chi connectivity index (χ2n) is 5.31. The normalized spacial score (nSPS) is 16.5. The number of hydrogen-bond donors (Lipinski definition) is 1. The number of esters is 2. The molecular weight excluding hydrogens is 314 g/mol. The molecular formula is C17H15NO6. The van der Waals surface area contributed by atoms with Gasteiger partial charge in [0.15, 0.2) is 5.76 Å². The molecule has 7 heteroatoms. The average molecular weight is 329 g/mol. The summed E-state index contributed by atoms with van der Waals surface area (Å²) in [6, 6.07) is 7.89. The van der Waals surface area contributed by atoms with Gasteiger partial charge in [-0.2, -0.15) is 0 Å². The number of carbonyl (C=O) groups excluding carboxylic acids is 3. The van der Waals surface area contributed by atoms with Crippen LogP contribution in [0.5, 0.6) is 0 Å². The predicted octanol–water partition coefficient (Wildman–Crippen LogP) is 2.31. The van der Waals surface area contributed by atoms with Crippen LogP contribution in [0.2, 0.25) is 0 Å². The summed E-state index contributed by atoms with van der Waals surface area (Å²) in [6.07, 6.45) is 0.870. The SMILES string of the molecule is Cc1ccc(C(=O)O[C@@H]2CCOC2=O)cc1NC(=O)c1ccco1. The summed E-state index contributed by atoms with van der Waals surface area (Å²) in [5, 5.41) is 2.68. The van der Waals surface area contributed by atoms with Crippen LogP contribution in [0.15, 0.2) is 41.0 Å². The lowest BCUT2D eigenvalue weighted by atomic mass is 10.1. The summed E-state index contributed by atoms with van der Waals surface area (Å²) < 4.78 is 14.9. The fraction of sp³-hybridized carbons (Fsp3) is 0.235. The standard InChI is InChI=1S/C17H15NO6/c1-10-4-5-11(16(20)24-14-6-8-23-17(14)21)9-12(10)18-15(19)13-3-2-7-22-13/h2-5,7,9,14H,6,8H2,1H3,(H,18,19)/t14-/m1/s1. The maximum absolute atomic E-state index is 12.2. The molecule has 3 rings (SSSR count). The third-order valence-electron chi connectivity index (χ3n) is 3.60. The zero-order chi connectivity index (χ0) is 17.1. The fourth-order valence-corrected chi connectivity index (χ4v) is 2.26. The zero-order valence-corrected chi connectivity index (χ0v) is 12.9. The minimum Gasteiger partial charge on any atom is -0.463 e. The Bertz CT molecular complexity index is 780. The van der Waals surface area contributed by atoms with Gasteiger partial charge in [-0.1, -0.05) is 6.07 Å². The summed E-state index contributed by atoms with van der Waals surface area (Å²) in [4.78, 5) is 35.6. The molecule has 1 fully saturated rings. The van der Waals surface area contributed by atoms with Crippen LogP contribution < -0.4 is 5.32 Å². The Morgan fingerprint density at radius 1 is 1.29 bits per heavy atom. The van der Waals surface area contributed by atoms with Crippen molar-refractivity contribution in [2.75, 3.05) is 11.9 Å². The van der Waals surface area contributed by atoms with E-state index in [2.05, 4.69) is 5.32 Å². The van der Waals surface area contributed by atoms with Gasteiger partial charge in [0.2, 0.25) is 6.10 Å². The van der Waals surface area contributed by atoms with Gasteiger partial charge in [0.25, 0.3) is 5.91 Å². The molecule has 1 amide bonds. The molecule has 0 bridgehead atoms. The average Bonchev–Trinajstić information content (AvgIpc) is 3.22. The predicted molar refractivity (Wildman–Crippen MR) is 82.6 cm³/mol. The smallest absolute Gasteiger partial charge is 0.347 e. The van der Waals surface area contributed by atoms with Crippen molar-refractivity contribution in [2.24, 2.45) is 0 Å². The van der Waals surface area contributed by atoms with Gasteiger partial charge in [-0.05, 0) is 36.8 Å². The lowest BCUT2D eigenvalue weighted by molar-refractivity contribution is -0.145. The van der Waals surface area contributed by atoms with Crippen LogP contribution in [-0.4, -0.2) is 30.6 Å². The molecule has 0 aliphatic carbocycles. The number of rotatable bonds is 4. The van der Waals surface area contributed by atoms with Crippen molar-refractivity contribution in [2.45, 2.75) is 19.4 Å². The quantitative estimate of drug-likeness (QED) is 0.865. The van der Waals surface area contributed by atoms with Crippen molar-refractivity contribution in [1.82, 2.24) is 0 Å². The van der Waals surface area contributed by atoms with Crippen molar-refractivity contribution in [3.8, 4) is 0 Å². The topological polar surface area (TPSA) is 94.8 Å². The molecule has 0 spiro atoms. The van der Waals surface area contributed by atoms with Crippen LogP contribution in [0, 0.1) is 6.92 Å². The van der Waals surface area contributed by atoms with Crippen molar-refractivity contribution in [3.63, 3.8) is 0 Å². The van der Waals surface area contributed by atoms with Crippen LogP contribution >= 0.6 is 0 Å². The molecule has 1 saturated heterocycles. The van der Waals surface area contributed by atoms with E-state index in [0.717, 1.165) is 5.56 Å². The van der Waals surface area contributed by atoms with Gasteiger partial charge in [0, 0.05) is 12.1 Å². The zero-order valence-electron chi connectivity index (χ0n) is 12.9. The molecule has 2 aromatic rings. The van der Waals surface area contributed by atoms with Gasteiger partial charge >= 0.3 is 11.9 Å². The van der Waals surface area contributed by atoms with E-state index in [9.17, 15) is 14.4 Å². The fourth-order valence-electron chi connectivity index (χ4n) is 2.26. The summed E-state index contributed by atoms with van der Waals surface area (Å²) in [5.41, 5.74) is 1.46. The van der Waals surface area contributed by atoms with Gasteiger partial charge in [0.05, 0.1) is 18.4 Å². The molecule has 0 saturated carbocycles. The molecule has 2 heterocycles. The molecule has 1 atom stereocenters. The number of benzene rings is 1. The maximum atomic E-state index is 12.2. The van der Waals surface area contributed by atoms with Gasteiger partial charge in [0.1, 0.15) is 0 Å². The molecule has 124 valence electrons. The highest BCUT2D eigenvalue weighted by Gasteiger charge is 2.30. The number of amides is 1.